The van der Waals surface area contributed by atoms with Gasteiger partial charge < -0.3 is 10.1 Å². The molecule has 0 aromatic carbocycles. The van der Waals surface area contributed by atoms with Gasteiger partial charge in [-0.1, -0.05) is 26.8 Å². The standard InChI is InChI=1S/C15H26N2O/c1-4-9-16-11-14-6-5-7-15(17-14)12-18-10-8-13(2)3/h5-7,13,16H,4,8-12H2,1-3H3. The number of rotatable bonds is 9. The first-order valence-corrected chi connectivity index (χ1v) is 6.95. The van der Waals surface area contributed by atoms with Gasteiger partial charge in [0.2, 0.25) is 0 Å². The molecule has 0 spiro atoms. The van der Waals surface area contributed by atoms with Crippen molar-refractivity contribution in [3.05, 3.63) is 29.6 Å². The summed E-state index contributed by atoms with van der Waals surface area (Å²) in [5, 5.41) is 3.36. The van der Waals surface area contributed by atoms with Gasteiger partial charge in [-0.25, -0.2) is 0 Å². The fourth-order valence-electron chi connectivity index (χ4n) is 1.60. The average molecular weight is 250 g/mol. The quantitative estimate of drug-likeness (QED) is 0.684. The van der Waals surface area contributed by atoms with Gasteiger partial charge in [0.25, 0.3) is 0 Å². The van der Waals surface area contributed by atoms with E-state index >= 15 is 0 Å². The summed E-state index contributed by atoms with van der Waals surface area (Å²) in [6.45, 7) is 9.90. The van der Waals surface area contributed by atoms with Gasteiger partial charge in [-0.05, 0) is 37.4 Å². The molecule has 3 nitrogen and oxygen atoms in total. The number of ether oxygens (including phenoxy) is 1. The summed E-state index contributed by atoms with van der Waals surface area (Å²) in [7, 11) is 0. The smallest absolute Gasteiger partial charge is 0.0887 e. The molecule has 0 atom stereocenters. The lowest BCUT2D eigenvalue weighted by atomic mass is 10.1. The van der Waals surface area contributed by atoms with Crippen LogP contribution >= 0.6 is 0 Å². The van der Waals surface area contributed by atoms with Crippen LogP contribution in [-0.2, 0) is 17.9 Å². The predicted molar refractivity (Wildman–Crippen MR) is 75.3 cm³/mol. The zero-order chi connectivity index (χ0) is 13.2. The molecule has 0 aliphatic rings. The van der Waals surface area contributed by atoms with Crippen molar-refractivity contribution in [2.24, 2.45) is 5.92 Å². The van der Waals surface area contributed by atoms with E-state index in [0.29, 0.717) is 12.5 Å². The summed E-state index contributed by atoms with van der Waals surface area (Å²) >= 11 is 0. The van der Waals surface area contributed by atoms with Crippen molar-refractivity contribution in [3.63, 3.8) is 0 Å². The van der Waals surface area contributed by atoms with E-state index in [1.165, 1.54) is 0 Å². The molecule has 0 saturated carbocycles. The van der Waals surface area contributed by atoms with Crippen LogP contribution in [0.5, 0.6) is 0 Å². The molecule has 1 N–H and O–H groups in total. The van der Waals surface area contributed by atoms with E-state index in [9.17, 15) is 0 Å². The van der Waals surface area contributed by atoms with Crippen molar-refractivity contribution in [1.29, 1.82) is 0 Å². The minimum absolute atomic E-state index is 0.619. The molecular weight excluding hydrogens is 224 g/mol. The summed E-state index contributed by atoms with van der Waals surface area (Å²) < 4.78 is 5.63. The molecular formula is C15H26N2O. The molecule has 0 unspecified atom stereocenters. The monoisotopic (exact) mass is 250 g/mol. The van der Waals surface area contributed by atoms with Gasteiger partial charge >= 0.3 is 0 Å². The Kier molecular flexibility index (Phi) is 7.62. The molecule has 18 heavy (non-hydrogen) atoms. The first-order chi connectivity index (χ1) is 8.72. The highest BCUT2D eigenvalue weighted by Crippen LogP contribution is 2.04. The number of nitrogens with one attached hydrogen (secondary N) is 1. The maximum Gasteiger partial charge on any atom is 0.0887 e. The van der Waals surface area contributed by atoms with Crippen molar-refractivity contribution in [2.45, 2.75) is 46.8 Å². The molecule has 0 fully saturated rings. The van der Waals surface area contributed by atoms with Gasteiger partial charge in [0.15, 0.2) is 0 Å². The minimum atomic E-state index is 0.619. The molecule has 0 aliphatic carbocycles. The number of aromatic nitrogens is 1. The first kappa shape index (κ1) is 15.1. The van der Waals surface area contributed by atoms with E-state index in [2.05, 4.69) is 43.2 Å². The topological polar surface area (TPSA) is 34.1 Å². The Bertz CT molecular complexity index is 326. The molecule has 102 valence electrons. The number of nitrogens with zero attached hydrogens (tertiary/aromatic N) is 1. The van der Waals surface area contributed by atoms with Crippen molar-refractivity contribution in [3.8, 4) is 0 Å². The summed E-state index contributed by atoms with van der Waals surface area (Å²) in [6, 6.07) is 6.13. The van der Waals surface area contributed by atoms with Crippen LogP contribution < -0.4 is 5.32 Å². The lowest BCUT2D eigenvalue weighted by molar-refractivity contribution is 0.108. The van der Waals surface area contributed by atoms with Crippen LogP contribution in [0.25, 0.3) is 0 Å². The first-order valence-electron chi connectivity index (χ1n) is 6.95. The number of hydrogen-bond acceptors (Lipinski definition) is 3. The summed E-state index contributed by atoms with van der Waals surface area (Å²) in [6.07, 6.45) is 2.26. The SMILES string of the molecule is CCCNCc1cccc(COCCC(C)C)n1. The molecule has 3 heteroatoms. The van der Waals surface area contributed by atoms with E-state index in [1.54, 1.807) is 0 Å². The van der Waals surface area contributed by atoms with Crippen LogP contribution in [0.15, 0.2) is 18.2 Å². The molecule has 1 aromatic rings. The molecule has 1 rings (SSSR count). The number of hydrogen-bond donors (Lipinski definition) is 1. The van der Waals surface area contributed by atoms with Gasteiger partial charge in [0, 0.05) is 13.2 Å². The van der Waals surface area contributed by atoms with Crippen LogP contribution in [0, 0.1) is 5.92 Å². The maximum absolute atomic E-state index is 5.63. The molecule has 0 saturated heterocycles. The zero-order valence-corrected chi connectivity index (χ0v) is 11.9. The van der Waals surface area contributed by atoms with Gasteiger partial charge in [0.05, 0.1) is 18.0 Å². The molecule has 1 aromatic heterocycles. The molecule has 0 radical (unpaired) electrons. The highest BCUT2D eigenvalue weighted by Gasteiger charge is 1.99. The molecule has 0 bridgehead atoms. The van der Waals surface area contributed by atoms with Crippen molar-refractivity contribution in [1.82, 2.24) is 10.3 Å². The summed E-state index contributed by atoms with van der Waals surface area (Å²) in [5.74, 6) is 0.697. The zero-order valence-electron chi connectivity index (χ0n) is 11.9. The van der Waals surface area contributed by atoms with Gasteiger partial charge in [-0.3, -0.25) is 4.98 Å². The lowest BCUT2D eigenvalue weighted by Crippen LogP contribution is -2.15. The predicted octanol–water partition coefficient (Wildman–Crippen LogP) is 3.14. The maximum atomic E-state index is 5.63. The van der Waals surface area contributed by atoms with E-state index in [1.807, 2.05) is 6.07 Å². The van der Waals surface area contributed by atoms with Gasteiger partial charge in [0.1, 0.15) is 0 Å². The minimum Gasteiger partial charge on any atom is -0.375 e. The van der Waals surface area contributed by atoms with Crippen molar-refractivity contribution < 1.29 is 4.74 Å². The molecule has 1 heterocycles. The average Bonchev–Trinajstić information content (AvgIpc) is 2.35. The van der Waals surface area contributed by atoms with E-state index in [4.69, 9.17) is 4.74 Å². The third-order valence-corrected chi connectivity index (χ3v) is 2.69. The Labute approximate surface area is 111 Å². The highest BCUT2D eigenvalue weighted by molar-refractivity contribution is 5.10. The third kappa shape index (κ3) is 6.72. The van der Waals surface area contributed by atoms with Crippen LogP contribution in [0.2, 0.25) is 0 Å². The van der Waals surface area contributed by atoms with E-state index < -0.39 is 0 Å². The largest absolute Gasteiger partial charge is 0.375 e. The second-order valence-electron chi connectivity index (χ2n) is 5.03. The Morgan fingerprint density at radius 1 is 1.28 bits per heavy atom. The molecule has 0 amide bonds. The molecule has 0 aliphatic heterocycles. The van der Waals surface area contributed by atoms with Crippen molar-refractivity contribution in [2.75, 3.05) is 13.2 Å². The second kappa shape index (κ2) is 9.06. The number of pyridine rings is 1. The van der Waals surface area contributed by atoms with Gasteiger partial charge in [-0.15, -0.1) is 0 Å². The van der Waals surface area contributed by atoms with Crippen LogP contribution in [0.3, 0.4) is 0 Å². The summed E-state index contributed by atoms with van der Waals surface area (Å²) in [4.78, 5) is 4.57. The Morgan fingerprint density at radius 3 is 2.78 bits per heavy atom. The Morgan fingerprint density at radius 2 is 2.06 bits per heavy atom. The fraction of sp³-hybridized carbons (Fsp3) is 0.667. The fourth-order valence-corrected chi connectivity index (χ4v) is 1.60. The van der Waals surface area contributed by atoms with E-state index in [-0.39, 0.29) is 0 Å². The van der Waals surface area contributed by atoms with Gasteiger partial charge in [-0.2, -0.15) is 0 Å². The lowest BCUT2D eigenvalue weighted by Gasteiger charge is -2.08. The Hall–Kier alpha value is -0.930. The van der Waals surface area contributed by atoms with Crippen molar-refractivity contribution >= 4 is 0 Å². The van der Waals surface area contributed by atoms with Crippen LogP contribution in [0.1, 0.15) is 45.0 Å². The normalized spacial score (nSPS) is 11.1. The van der Waals surface area contributed by atoms with Crippen LogP contribution in [0.4, 0.5) is 0 Å². The second-order valence-corrected chi connectivity index (χ2v) is 5.03. The van der Waals surface area contributed by atoms with Crippen LogP contribution in [-0.4, -0.2) is 18.1 Å². The summed E-state index contributed by atoms with van der Waals surface area (Å²) in [5.41, 5.74) is 2.11. The third-order valence-electron chi connectivity index (χ3n) is 2.69. The highest BCUT2D eigenvalue weighted by atomic mass is 16.5. The van der Waals surface area contributed by atoms with E-state index in [0.717, 1.165) is 43.9 Å². The Balaban J connectivity index is 2.30.